The predicted molar refractivity (Wildman–Crippen MR) is 90.2 cm³/mol. The molecule has 1 unspecified atom stereocenters. The monoisotopic (exact) mass is 322 g/mol. The number of hydrogen-bond donors (Lipinski definition) is 2. The van der Waals surface area contributed by atoms with Gasteiger partial charge < -0.3 is 10.6 Å². The molecule has 1 atom stereocenters. The molecule has 5 nitrogen and oxygen atoms in total. The molecular formula is C16H23ClN4O. The molecule has 0 aliphatic carbocycles. The number of amides is 1. The number of hydrogen-bond acceptors (Lipinski definition) is 3. The van der Waals surface area contributed by atoms with Gasteiger partial charge in [-0.25, -0.2) is 0 Å². The van der Waals surface area contributed by atoms with Crippen molar-refractivity contribution < 1.29 is 4.79 Å². The van der Waals surface area contributed by atoms with Crippen molar-refractivity contribution in [2.75, 3.05) is 19.6 Å². The highest BCUT2D eigenvalue weighted by atomic mass is 35.5. The third-order valence-electron chi connectivity index (χ3n) is 3.18. The highest BCUT2D eigenvalue weighted by molar-refractivity contribution is 5.85. The van der Waals surface area contributed by atoms with Gasteiger partial charge in [0.15, 0.2) is 6.04 Å². The molecule has 2 aromatic rings. The van der Waals surface area contributed by atoms with Gasteiger partial charge in [-0.15, -0.1) is 12.4 Å². The van der Waals surface area contributed by atoms with E-state index in [1.165, 1.54) is 0 Å². The summed E-state index contributed by atoms with van der Waals surface area (Å²) in [5.74, 6) is -0.0387. The first-order valence-corrected chi connectivity index (χ1v) is 7.35. The lowest BCUT2D eigenvalue weighted by atomic mass is 10.1. The van der Waals surface area contributed by atoms with Crippen LogP contribution in [0.1, 0.15) is 24.9 Å². The van der Waals surface area contributed by atoms with Crippen LogP contribution < -0.4 is 10.6 Å². The molecule has 6 heteroatoms. The second-order valence-corrected chi connectivity index (χ2v) is 4.84. The molecule has 1 aromatic carbocycles. The molecule has 0 fully saturated rings. The van der Waals surface area contributed by atoms with Gasteiger partial charge in [-0.2, -0.15) is 5.10 Å². The fourth-order valence-electron chi connectivity index (χ4n) is 2.17. The Morgan fingerprint density at radius 1 is 1.18 bits per heavy atom. The van der Waals surface area contributed by atoms with Gasteiger partial charge in [-0.1, -0.05) is 37.3 Å². The molecular weight excluding hydrogens is 300 g/mol. The summed E-state index contributed by atoms with van der Waals surface area (Å²) in [5.41, 5.74) is 0.931. The second kappa shape index (κ2) is 9.97. The summed E-state index contributed by atoms with van der Waals surface area (Å²) in [6.07, 6.45) is 4.59. The minimum Gasteiger partial charge on any atom is -0.353 e. The molecule has 0 saturated carbocycles. The molecule has 22 heavy (non-hydrogen) atoms. The maximum Gasteiger partial charge on any atom is 0.249 e. The van der Waals surface area contributed by atoms with E-state index in [0.717, 1.165) is 25.1 Å². The van der Waals surface area contributed by atoms with Crippen LogP contribution in [0.2, 0.25) is 0 Å². The number of benzene rings is 1. The number of aromatic nitrogens is 2. The van der Waals surface area contributed by atoms with Crippen molar-refractivity contribution in [2.24, 2.45) is 0 Å². The van der Waals surface area contributed by atoms with E-state index in [1.807, 2.05) is 42.6 Å². The minimum atomic E-state index is -0.424. The van der Waals surface area contributed by atoms with Crippen molar-refractivity contribution in [3.63, 3.8) is 0 Å². The van der Waals surface area contributed by atoms with Crippen molar-refractivity contribution in [3.8, 4) is 0 Å². The fraction of sp³-hybridized carbons (Fsp3) is 0.375. The number of nitrogens with one attached hydrogen (secondary N) is 2. The Kier molecular flexibility index (Phi) is 8.25. The van der Waals surface area contributed by atoms with Crippen LogP contribution >= 0.6 is 12.4 Å². The van der Waals surface area contributed by atoms with Gasteiger partial charge in [-0.05, 0) is 24.6 Å². The van der Waals surface area contributed by atoms with Gasteiger partial charge in [0.05, 0.1) is 0 Å². The van der Waals surface area contributed by atoms with Crippen LogP contribution in [-0.4, -0.2) is 35.3 Å². The lowest BCUT2D eigenvalue weighted by molar-refractivity contribution is -0.123. The van der Waals surface area contributed by atoms with E-state index >= 15 is 0 Å². The van der Waals surface area contributed by atoms with Gasteiger partial charge in [0, 0.05) is 25.5 Å². The molecule has 1 heterocycles. The third-order valence-corrected chi connectivity index (χ3v) is 3.18. The van der Waals surface area contributed by atoms with E-state index in [1.54, 1.807) is 10.9 Å². The zero-order chi connectivity index (χ0) is 14.9. The number of carbonyl (C=O) groups is 1. The van der Waals surface area contributed by atoms with E-state index < -0.39 is 6.04 Å². The summed E-state index contributed by atoms with van der Waals surface area (Å²) in [7, 11) is 0. The fourth-order valence-corrected chi connectivity index (χ4v) is 2.17. The zero-order valence-electron chi connectivity index (χ0n) is 12.7. The average Bonchev–Trinajstić information content (AvgIpc) is 3.02. The van der Waals surface area contributed by atoms with Crippen LogP contribution in [0.4, 0.5) is 0 Å². The van der Waals surface area contributed by atoms with Crippen molar-refractivity contribution in [2.45, 2.75) is 19.4 Å². The van der Waals surface area contributed by atoms with Gasteiger partial charge in [0.25, 0.3) is 0 Å². The highest BCUT2D eigenvalue weighted by Crippen LogP contribution is 2.17. The molecule has 0 saturated heterocycles. The Balaban J connectivity index is 0.00000242. The maximum absolute atomic E-state index is 12.5. The van der Waals surface area contributed by atoms with Crippen molar-refractivity contribution in [1.82, 2.24) is 20.4 Å². The summed E-state index contributed by atoms with van der Waals surface area (Å²) >= 11 is 0. The van der Waals surface area contributed by atoms with Crippen LogP contribution in [0.3, 0.4) is 0 Å². The average molecular weight is 323 g/mol. The van der Waals surface area contributed by atoms with E-state index in [-0.39, 0.29) is 18.3 Å². The van der Waals surface area contributed by atoms with Gasteiger partial charge >= 0.3 is 0 Å². The molecule has 0 spiro atoms. The highest BCUT2D eigenvalue weighted by Gasteiger charge is 2.22. The summed E-state index contributed by atoms with van der Waals surface area (Å²) in [4.78, 5) is 12.5. The van der Waals surface area contributed by atoms with Gasteiger partial charge in [-0.3, -0.25) is 9.48 Å². The first-order valence-electron chi connectivity index (χ1n) is 7.35. The van der Waals surface area contributed by atoms with Crippen LogP contribution in [0.15, 0.2) is 48.8 Å². The first kappa shape index (κ1) is 18.2. The Morgan fingerprint density at radius 3 is 2.59 bits per heavy atom. The summed E-state index contributed by atoms with van der Waals surface area (Å²) in [5, 5.41) is 10.4. The summed E-state index contributed by atoms with van der Waals surface area (Å²) < 4.78 is 1.68. The molecule has 0 aliphatic heterocycles. The predicted octanol–water partition coefficient (Wildman–Crippen LogP) is 2.01. The zero-order valence-corrected chi connectivity index (χ0v) is 13.6. The van der Waals surface area contributed by atoms with Crippen molar-refractivity contribution >= 4 is 18.3 Å². The number of halogens is 1. The van der Waals surface area contributed by atoms with Crippen LogP contribution in [0, 0.1) is 0 Å². The summed E-state index contributed by atoms with van der Waals surface area (Å²) in [6, 6.07) is 11.1. The first-order chi connectivity index (χ1) is 10.3. The van der Waals surface area contributed by atoms with Crippen LogP contribution in [0.5, 0.6) is 0 Å². The third kappa shape index (κ3) is 5.16. The number of rotatable bonds is 8. The second-order valence-electron chi connectivity index (χ2n) is 4.84. The smallest absolute Gasteiger partial charge is 0.249 e. The van der Waals surface area contributed by atoms with Crippen molar-refractivity contribution in [1.29, 1.82) is 0 Å². The topological polar surface area (TPSA) is 58.9 Å². The Labute approximate surface area is 137 Å². The Hall–Kier alpha value is -1.85. The normalized spacial score (nSPS) is 11.5. The van der Waals surface area contributed by atoms with E-state index in [4.69, 9.17) is 0 Å². The van der Waals surface area contributed by atoms with Gasteiger partial charge in [0.1, 0.15) is 0 Å². The van der Waals surface area contributed by atoms with Gasteiger partial charge in [0.2, 0.25) is 5.91 Å². The summed E-state index contributed by atoms with van der Waals surface area (Å²) in [6.45, 7) is 4.48. The quantitative estimate of drug-likeness (QED) is 0.731. The molecule has 120 valence electrons. The largest absolute Gasteiger partial charge is 0.353 e. The lowest BCUT2D eigenvalue weighted by Crippen LogP contribution is -2.37. The molecule has 0 aliphatic rings. The van der Waals surface area contributed by atoms with E-state index in [9.17, 15) is 4.79 Å². The SMILES string of the molecule is CCCNCCNC(=O)C(c1ccccc1)n1cccn1.Cl. The van der Waals surface area contributed by atoms with E-state index in [0.29, 0.717) is 6.54 Å². The van der Waals surface area contributed by atoms with Crippen molar-refractivity contribution in [3.05, 3.63) is 54.4 Å². The van der Waals surface area contributed by atoms with Crippen LogP contribution in [-0.2, 0) is 4.79 Å². The minimum absolute atomic E-state index is 0. The maximum atomic E-state index is 12.5. The number of carbonyl (C=O) groups excluding carboxylic acids is 1. The van der Waals surface area contributed by atoms with E-state index in [2.05, 4.69) is 22.7 Å². The molecule has 1 aromatic heterocycles. The molecule has 2 rings (SSSR count). The number of nitrogens with zero attached hydrogens (tertiary/aromatic N) is 2. The lowest BCUT2D eigenvalue weighted by Gasteiger charge is -2.18. The Morgan fingerprint density at radius 2 is 1.95 bits per heavy atom. The molecule has 0 radical (unpaired) electrons. The standard InChI is InChI=1S/C16H22N4O.ClH/c1-2-9-17-11-12-18-16(21)15(20-13-6-10-19-20)14-7-4-3-5-8-14;/h3-8,10,13,15,17H,2,9,11-12H2,1H3,(H,18,21);1H. The Bertz CT molecular complexity index is 530. The van der Waals surface area contributed by atoms with Crippen LogP contribution in [0.25, 0.3) is 0 Å². The molecule has 0 bridgehead atoms. The molecule has 1 amide bonds. The molecule has 2 N–H and O–H groups in total.